The average Bonchev–Trinajstić information content (AvgIpc) is 3.03. The topological polar surface area (TPSA) is 60.0 Å². The summed E-state index contributed by atoms with van der Waals surface area (Å²) >= 11 is 0. The van der Waals surface area contributed by atoms with Crippen LogP contribution in [0.2, 0.25) is 0 Å². The van der Waals surface area contributed by atoms with Crippen molar-refractivity contribution in [3.63, 3.8) is 0 Å². The van der Waals surface area contributed by atoms with Gasteiger partial charge in [0, 0.05) is 32.2 Å². The highest BCUT2D eigenvalue weighted by molar-refractivity contribution is 14.0. The molecule has 1 amide bonds. The lowest BCUT2D eigenvalue weighted by Crippen LogP contribution is -2.50. The van der Waals surface area contributed by atoms with Crippen LogP contribution in [-0.4, -0.2) is 73.5 Å². The number of aliphatic imine (C=N–C) groups is 1. The first-order valence-corrected chi connectivity index (χ1v) is 10.7. The van der Waals surface area contributed by atoms with Crippen molar-refractivity contribution in [2.45, 2.75) is 65.3 Å². The van der Waals surface area contributed by atoms with Crippen molar-refractivity contribution in [3.8, 4) is 0 Å². The van der Waals surface area contributed by atoms with Crippen LogP contribution in [0.3, 0.4) is 0 Å². The molecular formula is C20H40IN5O. The van der Waals surface area contributed by atoms with Crippen molar-refractivity contribution in [1.29, 1.82) is 0 Å². The number of amides is 1. The summed E-state index contributed by atoms with van der Waals surface area (Å²) < 4.78 is 0. The summed E-state index contributed by atoms with van der Waals surface area (Å²) in [5.41, 5.74) is 0. The molecule has 0 aliphatic carbocycles. The first-order valence-electron chi connectivity index (χ1n) is 10.7. The van der Waals surface area contributed by atoms with E-state index in [0.717, 1.165) is 45.0 Å². The number of carbonyl (C=O) groups is 1. The lowest BCUT2D eigenvalue weighted by molar-refractivity contribution is -0.128. The Morgan fingerprint density at radius 1 is 0.963 bits per heavy atom. The molecule has 6 nitrogen and oxygen atoms in total. The Balaban J connectivity index is 0.00000364. The van der Waals surface area contributed by atoms with Gasteiger partial charge in [-0.3, -0.25) is 9.69 Å². The molecule has 2 N–H and O–H groups in total. The van der Waals surface area contributed by atoms with Crippen LogP contribution < -0.4 is 10.6 Å². The predicted octanol–water partition coefficient (Wildman–Crippen LogP) is 2.68. The van der Waals surface area contributed by atoms with Crippen molar-refractivity contribution in [2.75, 3.05) is 45.8 Å². The molecule has 2 aliphatic heterocycles. The second kappa shape index (κ2) is 13.6. The van der Waals surface area contributed by atoms with Gasteiger partial charge in [-0.2, -0.15) is 0 Å². The van der Waals surface area contributed by atoms with Crippen molar-refractivity contribution >= 4 is 35.8 Å². The van der Waals surface area contributed by atoms with Crippen LogP contribution in [0.5, 0.6) is 0 Å². The third kappa shape index (κ3) is 8.54. The fourth-order valence-corrected chi connectivity index (χ4v) is 3.97. The Morgan fingerprint density at radius 3 is 2.11 bits per heavy atom. The zero-order valence-corrected chi connectivity index (χ0v) is 19.8. The Morgan fingerprint density at radius 2 is 1.56 bits per heavy atom. The highest BCUT2D eigenvalue weighted by Gasteiger charge is 2.23. The van der Waals surface area contributed by atoms with Crippen LogP contribution in [0.15, 0.2) is 4.99 Å². The van der Waals surface area contributed by atoms with Crippen LogP contribution in [-0.2, 0) is 4.79 Å². The molecule has 2 fully saturated rings. The van der Waals surface area contributed by atoms with Gasteiger partial charge in [-0.25, -0.2) is 4.99 Å². The maximum absolute atomic E-state index is 12.2. The van der Waals surface area contributed by atoms with Gasteiger partial charge >= 0.3 is 0 Å². The molecule has 0 aromatic rings. The minimum absolute atomic E-state index is 0. The lowest BCUT2D eigenvalue weighted by Gasteiger charge is -2.34. The summed E-state index contributed by atoms with van der Waals surface area (Å²) in [5.74, 6) is 1.50. The highest BCUT2D eigenvalue weighted by atomic mass is 127. The number of nitrogens with zero attached hydrogens (tertiary/aromatic N) is 3. The van der Waals surface area contributed by atoms with Crippen molar-refractivity contribution in [1.82, 2.24) is 20.4 Å². The second-order valence-corrected chi connectivity index (χ2v) is 7.93. The first-order chi connectivity index (χ1) is 12.6. The minimum atomic E-state index is 0. The normalized spacial score (nSPS) is 20.1. The predicted molar refractivity (Wildman–Crippen MR) is 124 cm³/mol. The SMILES string of the molecule is CCNC(=NCC(=O)N1CCCC1)NCC(C(C)C)N1CCCCCC1.I. The number of likely N-dealkylation sites (tertiary alicyclic amines) is 2. The quantitative estimate of drug-likeness (QED) is 0.325. The standard InChI is InChI=1S/C20H39N5O.HI/c1-4-21-20(23-16-19(26)25-13-9-10-14-25)22-15-18(17(2)3)24-11-7-5-6-8-12-24;/h17-18H,4-16H2,1-3H3,(H2,21,22,23);1H. The molecule has 2 aliphatic rings. The summed E-state index contributed by atoms with van der Waals surface area (Å²) in [6.07, 6.45) is 7.58. The fraction of sp³-hybridized carbons (Fsp3) is 0.900. The molecule has 7 heteroatoms. The number of rotatable bonds is 7. The molecule has 1 atom stereocenters. The van der Waals surface area contributed by atoms with E-state index in [0.29, 0.717) is 12.0 Å². The third-order valence-electron chi connectivity index (χ3n) is 5.53. The van der Waals surface area contributed by atoms with Crippen molar-refractivity contribution in [2.24, 2.45) is 10.9 Å². The summed E-state index contributed by atoms with van der Waals surface area (Å²) in [7, 11) is 0. The van der Waals surface area contributed by atoms with Gasteiger partial charge in [0.25, 0.3) is 0 Å². The van der Waals surface area contributed by atoms with Gasteiger partial charge in [0.2, 0.25) is 5.91 Å². The zero-order chi connectivity index (χ0) is 18.8. The molecule has 0 aromatic heterocycles. The maximum atomic E-state index is 12.2. The number of hydrogen-bond acceptors (Lipinski definition) is 3. The van der Waals surface area contributed by atoms with Crippen LogP contribution in [0.4, 0.5) is 0 Å². The lowest BCUT2D eigenvalue weighted by atomic mass is 10.0. The largest absolute Gasteiger partial charge is 0.357 e. The second-order valence-electron chi connectivity index (χ2n) is 7.93. The number of guanidine groups is 1. The highest BCUT2D eigenvalue weighted by Crippen LogP contribution is 2.17. The van der Waals surface area contributed by atoms with E-state index < -0.39 is 0 Å². The van der Waals surface area contributed by atoms with E-state index in [9.17, 15) is 4.79 Å². The van der Waals surface area contributed by atoms with E-state index in [4.69, 9.17) is 0 Å². The maximum Gasteiger partial charge on any atom is 0.244 e. The number of hydrogen-bond donors (Lipinski definition) is 2. The Labute approximate surface area is 182 Å². The van der Waals surface area contributed by atoms with Gasteiger partial charge in [-0.15, -0.1) is 24.0 Å². The van der Waals surface area contributed by atoms with Gasteiger partial charge in [-0.05, 0) is 51.6 Å². The Hall–Kier alpha value is -0.570. The van der Waals surface area contributed by atoms with E-state index in [1.165, 1.54) is 38.8 Å². The molecule has 27 heavy (non-hydrogen) atoms. The molecule has 1 unspecified atom stereocenters. The molecule has 2 heterocycles. The van der Waals surface area contributed by atoms with Crippen LogP contribution in [0, 0.1) is 5.92 Å². The first kappa shape index (κ1) is 24.5. The number of nitrogens with one attached hydrogen (secondary N) is 2. The van der Waals surface area contributed by atoms with Crippen LogP contribution >= 0.6 is 24.0 Å². The summed E-state index contributed by atoms with van der Waals surface area (Å²) in [4.78, 5) is 21.4. The van der Waals surface area contributed by atoms with E-state index >= 15 is 0 Å². The van der Waals surface area contributed by atoms with Crippen LogP contribution in [0.25, 0.3) is 0 Å². The van der Waals surface area contributed by atoms with Gasteiger partial charge in [0.15, 0.2) is 5.96 Å². The smallest absolute Gasteiger partial charge is 0.244 e. The average molecular weight is 493 g/mol. The summed E-state index contributed by atoms with van der Waals surface area (Å²) in [6, 6.07) is 0.506. The molecular weight excluding hydrogens is 453 g/mol. The molecule has 0 bridgehead atoms. The van der Waals surface area contributed by atoms with Gasteiger partial charge < -0.3 is 15.5 Å². The molecule has 158 valence electrons. The minimum Gasteiger partial charge on any atom is -0.357 e. The molecule has 2 saturated heterocycles. The van der Waals surface area contributed by atoms with Crippen molar-refractivity contribution in [3.05, 3.63) is 0 Å². The molecule has 2 rings (SSSR count). The van der Waals surface area contributed by atoms with E-state index in [1.807, 2.05) is 4.90 Å². The van der Waals surface area contributed by atoms with Gasteiger partial charge in [0.05, 0.1) is 0 Å². The van der Waals surface area contributed by atoms with Gasteiger partial charge in [0.1, 0.15) is 6.54 Å². The molecule has 0 spiro atoms. The molecule has 0 saturated carbocycles. The Kier molecular flexibility index (Phi) is 12.3. The van der Waals surface area contributed by atoms with Crippen molar-refractivity contribution < 1.29 is 4.79 Å². The van der Waals surface area contributed by atoms with E-state index in [1.54, 1.807) is 0 Å². The summed E-state index contributed by atoms with van der Waals surface area (Å²) in [5, 5.41) is 6.78. The number of carbonyl (C=O) groups excluding carboxylic acids is 1. The van der Waals surface area contributed by atoms with Gasteiger partial charge in [-0.1, -0.05) is 26.7 Å². The van der Waals surface area contributed by atoms with E-state index in [-0.39, 0.29) is 36.4 Å². The fourth-order valence-electron chi connectivity index (χ4n) is 3.97. The Bertz CT molecular complexity index is 444. The van der Waals surface area contributed by atoms with Crippen LogP contribution in [0.1, 0.15) is 59.3 Å². The summed E-state index contributed by atoms with van der Waals surface area (Å²) in [6.45, 7) is 12.8. The molecule has 0 radical (unpaired) electrons. The van der Waals surface area contributed by atoms with E-state index in [2.05, 4.69) is 41.3 Å². The monoisotopic (exact) mass is 493 g/mol. The number of halogens is 1. The molecule has 0 aromatic carbocycles. The zero-order valence-electron chi connectivity index (χ0n) is 17.5. The third-order valence-corrected chi connectivity index (χ3v) is 5.53.